The summed E-state index contributed by atoms with van der Waals surface area (Å²) < 4.78 is 5.11. The lowest BCUT2D eigenvalue weighted by molar-refractivity contribution is -0.139. The lowest BCUT2D eigenvalue weighted by atomic mass is 9.85. The molecule has 1 unspecified atom stereocenters. The van der Waals surface area contributed by atoms with Crippen molar-refractivity contribution in [1.29, 1.82) is 0 Å². The number of carboxylic acid groups (broad SMARTS) is 1. The van der Waals surface area contributed by atoms with Gasteiger partial charge in [0.25, 0.3) is 0 Å². The molecule has 0 fully saturated rings. The summed E-state index contributed by atoms with van der Waals surface area (Å²) in [5, 5.41) is 11.6. The number of ether oxygens (including phenoxy) is 1. The molecule has 1 aromatic rings. The Kier molecular flexibility index (Phi) is 5.55. The summed E-state index contributed by atoms with van der Waals surface area (Å²) in [4.78, 5) is 22.7. The van der Waals surface area contributed by atoms with Gasteiger partial charge in [0, 0.05) is 0 Å². The highest BCUT2D eigenvalue weighted by atomic mass is 16.5. The van der Waals surface area contributed by atoms with Crippen molar-refractivity contribution in [2.75, 3.05) is 0 Å². The third-order valence-electron chi connectivity index (χ3n) is 3.39. The van der Waals surface area contributed by atoms with Crippen molar-refractivity contribution < 1.29 is 19.4 Å². The number of aliphatic carboxylic acids is 1. The van der Waals surface area contributed by atoms with Crippen LogP contribution in [0.5, 0.6) is 0 Å². The second-order valence-corrected chi connectivity index (χ2v) is 5.33. The minimum absolute atomic E-state index is 0.0251. The number of amides is 1. The van der Waals surface area contributed by atoms with Crippen LogP contribution in [0.25, 0.3) is 0 Å². The van der Waals surface area contributed by atoms with E-state index in [1.807, 2.05) is 44.2 Å². The number of hydrogen-bond acceptors (Lipinski definition) is 3. The monoisotopic (exact) mass is 279 g/mol. The summed E-state index contributed by atoms with van der Waals surface area (Å²) in [7, 11) is 0. The zero-order valence-corrected chi connectivity index (χ0v) is 12.1. The van der Waals surface area contributed by atoms with E-state index in [-0.39, 0.29) is 18.9 Å². The van der Waals surface area contributed by atoms with Crippen molar-refractivity contribution in [3.8, 4) is 0 Å². The first-order valence-electron chi connectivity index (χ1n) is 6.54. The molecule has 5 nitrogen and oxygen atoms in total. The lowest BCUT2D eigenvalue weighted by Gasteiger charge is -2.32. The van der Waals surface area contributed by atoms with Crippen LogP contribution in [0.4, 0.5) is 4.79 Å². The van der Waals surface area contributed by atoms with Crippen LogP contribution in [0.3, 0.4) is 0 Å². The van der Waals surface area contributed by atoms with Crippen molar-refractivity contribution in [3.05, 3.63) is 35.9 Å². The summed E-state index contributed by atoms with van der Waals surface area (Å²) >= 11 is 0. The van der Waals surface area contributed by atoms with Crippen LogP contribution < -0.4 is 5.32 Å². The zero-order valence-electron chi connectivity index (χ0n) is 12.1. The van der Waals surface area contributed by atoms with E-state index >= 15 is 0 Å². The SMILES string of the molecule is CC(C)C(C)(CC(=O)O)NC(=O)OCc1ccccc1. The van der Waals surface area contributed by atoms with Gasteiger partial charge in [-0.05, 0) is 18.4 Å². The highest BCUT2D eigenvalue weighted by molar-refractivity contribution is 5.72. The maximum atomic E-state index is 11.8. The molecular formula is C15H21NO4. The Morgan fingerprint density at radius 3 is 2.40 bits per heavy atom. The van der Waals surface area contributed by atoms with Crippen molar-refractivity contribution >= 4 is 12.1 Å². The predicted octanol–water partition coefficient (Wildman–Crippen LogP) is 2.80. The van der Waals surface area contributed by atoms with Crippen LogP contribution in [-0.2, 0) is 16.1 Å². The van der Waals surface area contributed by atoms with Gasteiger partial charge in [-0.3, -0.25) is 4.79 Å². The van der Waals surface area contributed by atoms with Crippen LogP contribution in [-0.4, -0.2) is 22.7 Å². The fourth-order valence-electron chi connectivity index (χ4n) is 1.70. The van der Waals surface area contributed by atoms with Crippen LogP contribution >= 0.6 is 0 Å². The first-order valence-corrected chi connectivity index (χ1v) is 6.54. The van der Waals surface area contributed by atoms with E-state index in [2.05, 4.69) is 5.32 Å². The van der Waals surface area contributed by atoms with Crippen molar-refractivity contribution in [2.24, 2.45) is 5.92 Å². The van der Waals surface area contributed by atoms with Crippen molar-refractivity contribution in [1.82, 2.24) is 5.32 Å². The molecule has 0 saturated heterocycles. The van der Waals surface area contributed by atoms with Gasteiger partial charge in [0.05, 0.1) is 12.0 Å². The average Bonchev–Trinajstić information content (AvgIpc) is 2.36. The van der Waals surface area contributed by atoms with Crippen LogP contribution in [0.15, 0.2) is 30.3 Å². The maximum Gasteiger partial charge on any atom is 0.407 e. The molecule has 20 heavy (non-hydrogen) atoms. The molecule has 0 aliphatic rings. The van der Waals surface area contributed by atoms with E-state index in [1.54, 1.807) is 6.92 Å². The number of nitrogens with one attached hydrogen (secondary N) is 1. The van der Waals surface area contributed by atoms with E-state index in [1.165, 1.54) is 0 Å². The highest BCUT2D eigenvalue weighted by Gasteiger charge is 2.33. The number of rotatable bonds is 6. The van der Waals surface area contributed by atoms with Gasteiger partial charge in [-0.15, -0.1) is 0 Å². The van der Waals surface area contributed by atoms with Crippen LogP contribution in [0.2, 0.25) is 0 Å². The molecular weight excluding hydrogens is 258 g/mol. The van der Waals surface area contributed by atoms with Crippen molar-refractivity contribution in [3.63, 3.8) is 0 Å². The zero-order chi connectivity index (χ0) is 15.2. The summed E-state index contributed by atoms with van der Waals surface area (Å²) in [6.45, 7) is 5.59. The maximum absolute atomic E-state index is 11.8. The quantitative estimate of drug-likeness (QED) is 0.839. The molecule has 5 heteroatoms. The second-order valence-electron chi connectivity index (χ2n) is 5.33. The Morgan fingerprint density at radius 1 is 1.30 bits per heavy atom. The van der Waals surface area contributed by atoms with Gasteiger partial charge < -0.3 is 15.2 Å². The normalized spacial score (nSPS) is 13.6. The predicted molar refractivity (Wildman–Crippen MR) is 75.3 cm³/mol. The molecule has 1 aromatic carbocycles. The average molecular weight is 279 g/mol. The third kappa shape index (κ3) is 4.91. The van der Waals surface area contributed by atoms with E-state index in [0.29, 0.717) is 0 Å². The molecule has 0 radical (unpaired) electrons. The fraction of sp³-hybridized carbons (Fsp3) is 0.467. The molecule has 0 aromatic heterocycles. The van der Waals surface area contributed by atoms with Crippen molar-refractivity contribution in [2.45, 2.75) is 39.3 Å². The Labute approximate surface area is 118 Å². The molecule has 1 rings (SSSR count). The molecule has 0 aliphatic carbocycles. The van der Waals surface area contributed by atoms with Gasteiger partial charge in [0.2, 0.25) is 0 Å². The summed E-state index contributed by atoms with van der Waals surface area (Å²) in [6, 6.07) is 9.31. The van der Waals surface area contributed by atoms with E-state index < -0.39 is 17.6 Å². The molecule has 0 aliphatic heterocycles. The van der Waals surface area contributed by atoms with E-state index in [4.69, 9.17) is 9.84 Å². The largest absolute Gasteiger partial charge is 0.481 e. The Bertz CT molecular complexity index is 458. The molecule has 1 amide bonds. The highest BCUT2D eigenvalue weighted by Crippen LogP contribution is 2.21. The minimum atomic E-state index is -0.954. The first kappa shape index (κ1) is 16.0. The molecule has 110 valence electrons. The first-order chi connectivity index (χ1) is 9.33. The molecule has 0 bridgehead atoms. The van der Waals surface area contributed by atoms with Gasteiger partial charge >= 0.3 is 12.1 Å². The van der Waals surface area contributed by atoms with E-state index in [0.717, 1.165) is 5.56 Å². The molecule has 2 N–H and O–H groups in total. The summed E-state index contributed by atoms with van der Waals surface area (Å²) in [5.74, 6) is -0.979. The molecule has 0 heterocycles. The number of benzene rings is 1. The van der Waals surface area contributed by atoms with Gasteiger partial charge in [0.1, 0.15) is 6.61 Å². The van der Waals surface area contributed by atoms with Gasteiger partial charge in [-0.1, -0.05) is 44.2 Å². The van der Waals surface area contributed by atoms with Crippen LogP contribution in [0, 0.1) is 5.92 Å². The summed E-state index contributed by atoms with van der Waals surface area (Å²) in [6.07, 6.45) is -0.753. The standard InChI is InChI=1S/C15H21NO4/c1-11(2)15(3,9-13(17)18)16-14(19)20-10-12-7-5-4-6-8-12/h4-8,11H,9-10H2,1-3H3,(H,16,19)(H,17,18). The second kappa shape index (κ2) is 6.93. The number of hydrogen-bond donors (Lipinski definition) is 2. The minimum Gasteiger partial charge on any atom is -0.481 e. The molecule has 0 spiro atoms. The number of carboxylic acids is 1. The Hall–Kier alpha value is -2.04. The smallest absolute Gasteiger partial charge is 0.407 e. The van der Waals surface area contributed by atoms with Gasteiger partial charge in [0.15, 0.2) is 0 Å². The number of carbonyl (C=O) groups excluding carboxylic acids is 1. The number of carbonyl (C=O) groups is 2. The fourth-order valence-corrected chi connectivity index (χ4v) is 1.70. The molecule has 1 atom stereocenters. The lowest BCUT2D eigenvalue weighted by Crippen LogP contribution is -2.51. The topological polar surface area (TPSA) is 75.6 Å². The van der Waals surface area contributed by atoms with Gasteiger partial charge in [-0.2, -0.15) is 0 Å². The third-order valence-corrected chi connectivity index (χ3v) is 3.39. The number of alkyl carbamates (subject to hydrolysis) is 1. The van der Waals surface area contributed by atoms with Crippen LogP contribution in [0.1, 0.15) is 32.8 Å². The summed E-state index contributed by atoms with van der Waals surface area (Å²) in [5.41, 5.74) is 0.0479. The van der Waals surface area contributed by atoms with E-state index in [9.17, 15) is 9.59 Å². The molecule has 0 saturated carbocycles. The Balaban J connectivity index is 2.56. The Morgan fingerprint density at radius 2 is 1.90 bits per heavy atom. The van der Waals surface area contributed by atoms with Gasteiger partial charge in [-0.25, -0.2) is 4.79 Å².